The predicted molar refractivity (Wildman–Crippen MR) is 60.0 cm³/mol. The molecule has 0 radical (unpaired) electrons. The number of nitrogens with one attached hydrogen (secondary N) is 1. The Labute approximate surface area is 110 Å². The van der Waals surface area contributed by atoms with Crippen molar-refractivity contribution < 1.29 is 31.8 Å². The third-order valence-corrected chi connectivity index (χ3v) is 1.80. The van der Waals surface area contributed by atoms with Crippen molar-refractivity contribution >= 4 is 12.2 Å². The molecule has 1 aromatic carbocycles. The van der Waals surface area contributed by atoms with Gasteiger partial charge in [0.1, 0.15) is 11.5 Å². The molecule has 0 unspecified atom stereocenters. The van der Waals surface area contributed by atoms with Crippen molar-refractivity contribution in [2.24, 2.45) is 10.8 Å². The van der Waals surface area contributed by atoms with Gasteiger partial charge in [-0.3, -0.25) is 0 Å². The van der Waals surface area contributed by atoms with Crippen LogP contribution in [0.3, 0.4) is 0 Å². The lowest BCUT2D eigenvalue weighted by Crippen LogP contribution is -2.24. The minimum Gasteiger partial charge on any atom is -0.435 e. The van der Waals surface area contributed by atoms with Gasteiger partial charge in [0.15, 0.2) is 0 Å². The molecular formula is C10H9F4N3O3. The van der Waals surface area contributed by atoms with Gasteiger partial charge in [0.25, 0.3) is 0 Å². The average molecular weight is 295 g/mol. The van der Waals surface area contributed by atoms with Crippen molar-refractivity contribution in [2.75, 3.05) is 0 Å². The number of halogens is 4. The van der Waals surface area contributed by atoms with E-state index in [0.29, 0.717) is 0 Å². The van der Waals surface area contributed by atoms with Gasteiger partial charge in [0, 0.05) is 11.6 Å². The normalized spacial score (nSPS) is 11.1. The van der Waals surface area contributed by atoms with Crippen LogP contribution in [0.1, 0.15) is 5.56 Å². The minimum atomic E-state index is -3.17. The molecular weight excluding hydrogens is 286 g/mol. The van der Waals surface area contributed by atoms with Crippen LogP contribution in [0.5, 0.6) is 11.5 Å². The lowest BCUT2D eigenvalue weighted by atomic mass is 10.2. The molecule has 0 aliphatic heterocycles. The first-order valence-electron chi connectivity index (χ1n) is 5.00. The molecule has 110 valence electrons. The number of hydrazone groups is 1. The molecule has 6 nitrogen and oxygen atoms in total. The summed E-state index contributed by atoms with van der Waals surface area (Å²) < 4.78 is 56.6. The van der Waals surface area contributed by atoms with E-state index >= 15 is 0 Å². The number of nitrogens with zero attached hydrogens (tertiary/aromatic N) is 1. The van der Waals surface area contributed by atoms with Crippen LogP contribution in [0.4, 0.5) is 22.4 Å². The first-order chi connectivity index (χ1) is 9.38. The Hall–Kier alpha value is -2.52. The number of alkyl halides is 4. The average Bonchev–Trinajstić information content (AvgIpc) is 2.29. The second-order valence-corrected chi connectivity index (χ2v) is 3.19. The zero-order chi connectivity index (χ0) is 15.1. The zero-order valence-corrected chi connectivity index (χ0v) is 9.73. The van der Waals surface area contributed by atoms with E-state index in [1.807, 2.05) is 5.43 Å². The molecule has 0 aliphatic rings. The molecule has 0 fully saturated rings. The summed E-state index contributed by atoms with van der Waals surface area (Å²) in [6.45, 7) is -6.28. The maximum absolute atomic E-state index is 12.2. The Kier molecular flexibility index (Phi) is 5.56. The molecule has 0 aromatic heterocycles. The van der Waals surface area contributed by atoms with Crippen LogP contribution in [0, 0.1) is 0 Å². The number of carbonyl (C=O) groups excluding carboxylic acids is 1. The minimum absolute atomic E-state index is 0.000617. The van der Waals surface area contributed by atoms with Crippen LogP contribution in [-0.2, 0) is 0 Å². The van der Waals surface area contributed by atoms with E-state index in [1.165, 1.54) is 0 Å². The van der Waals surface area contributed by atoms with Gasteiger partial charge in [0.2, 0.25) is 0 Å². The summed E-state index contributed by atoms with van der Waals surface area (Å²) in [5.41, 5.74) is 6.57. The van der Waals surface area contributed by atoms with Crippen molar-refractivity contribution in [1.29, 1.82) is 0 Å². The van der Waals surface area contributed by atoms with E-state index in [9.17, 15) is 22.4 Å². The summed E-state index contributed by atoms with van der Waals surface area (Å²) in [4.78, 5) is 10.4. The molecule has 10 heteroatoms. The van der Waals surface area contributed by atoms with E-state index < -0.39 is 25.0 Å². The van der Waals surface area contributed by atoms with Crippen LogP contribution in [0.15, 0.2) is 23.3 Å². The molecule has 2 amide bonds. The van der Waals surface area contributed by atoms with Gasteiger partial charge >= 0.3 is 19.3 Å². The number of rotatable bonds is 6. The van der Waals surface area contributed by atoms with Gasteiger partial charge in [-0.1, -0.05) is 0 Å². The number of carbonyl (C=O) groups is 1. The Morgan fingerprint density at radius 2 is 1.90 bits per heavy atom. The quantitative estimate of drug-likeness (QED) is 0.477. The van der Waals surface area contributed by atoms with E-state index in [2.05, 4.69) is 14.6 Å². The molecule has 0 bridgehead atoms. The second kappa shape index (κ2) is 7.16. The smallest absolute Gasteiger partial charge is 0.387 e. The highest BCUT2D eigenvalue weighted by Crippen LogP contribution is 2.26. The third-order valence-electron chi connectivity index (χ3n) is 1.80. The Morgan fingerprint density at radius 3 is 2.45 bits per heavy atom. The Balaban J connectivity index is 2.96. The van der Waals surface area contributed by atoms with Gasteiger partial charge in [-0.2, -0.15) is 22.7 Å². The second-order valence-electron chi connectivity index (χ2n) is 3.19. The number of hydrogen-bond donors (Lipinski definition) is 2. The first kappa shape index (κ1) is 15.5. The summed E-state index contributed by atoms with van der Waals surface area (Å²) in [5.74, 6) is -0.816. The molecule has 1 rings (SSSR count). The van der Waals surface area contributed by atoms with Crippen LogP contribution < -0.4 is 20.6 Å². The van der Waals surface area contributed by atoms with Crippen LogP contribution >= 0.6 is 0 Å². The standard InChI is InChI=1S/C10H9F4N3O3/c11-8(12)19-6-2-1-5(4-16-17-10(15)18)7(3-6)20-9(13)14/h1-4,8-9H,(H3,15,17,18)/b16-4-. The van der Waals surface area contributed by atoms with Gasteiger partial charge in [0.05, 0.1) is 6.21 Å². The number of hydrogen-bond acceptors (Lipinski definition) is 4. The highest BCUT2D eigenvalue weighted by atomic mass is 19.3. The molecule has 0 atom stereocenters. The SMILES string of the molecule is NC(=O)N/N=C\c1ccc(OC(F)F)cc1OC(F)F. The van der Waals surface area contributed by atoms with Gasteiger partial charge in [-0.05, 0) is 12.1 Å². The molecule has 1 aromatic rings. The maximum atomic E-state index is 12.2. The lowest BCUT2D eigenvalue weighted by molar-refractivity contribution is -0.0543. The topological polar surface area (TPSA) is 85.9 Å². The zero-order valence-electron chi connectivity index (χ0n) is 9.73. The van der Waals surface area contributed by atoms with Crippen molar-refractivity contribution in [3.05, 3.63) is 23.8 Å². The van der Waals surface area contributed by atoms with Crippen LogP contribution in [0.25, 0.3) is 0 Å². The number of nitrogens with two attached hydrogens (primary N) is 1. The van der Waals surface area contributed by atoms with Crippen molar-refractivity contribution in [1.82, 2.24) is 5.43 Å². The number of urea groups is 1. The highest BCUT2D eigenvalue weighted by Gasteiger charge is 2.12. The van der Waals surface area contributed by atoms with E-state index in [0.717, 1.165) is 24.4 Å². The van der Waals surface area contributed by atoms with Crippen LogP contribution in [-0.4, -0.2) is 25.5 Å². The molecule has 3 N–H and O–H groups in total. The molecule has 0 aliphatic carbocycles. The number of primary amides is 1. The fraction of sp³-hybridized carbons (Fsp3) is 0.200. The molecule has 20 heavy (non-hydrogen) atoms. The summed E-state index contributed by atoms with van der Waals surface area (Å²) in [6.07, 6.45) is 0.953. The number of amides is 2. The fourth-order valence-corrected chi connectivity index (χ4v) is 1.16. The van der Waals surface area contributed by atoms with E-state index in [-0.39, 0.29) is 11.3 Å². The summed E-state index contributed by atoms with van der Waals surface area (Å²) in [5, 5.41) is 3.34. The van der Waals surface area contributed by atoms with Crippen LogP contribution in [0.2, 0.25) is 0 Å². The summed E-state index contributed by atoms with van der Waals surface area (Å²) >= 11 is 0. The molecule has 0 saturated carbocycles. The molecule has 0 heterocycles. The highest BCUT2D eigenvalue weighted by molar-refractivity contribution is 5.85. The van der Waals surface area contributed by atoms with Crippen molar-refractivity contribution in [2.45, 2.75) is 13.2 Å². The Bertz CT molecular complexity index is 497. The largest absolute Gasteiger partial charge is 0.435 e. The molecule has 0 spiro atoms. The fourth-order valence-electron chi connectivity index (χ4n) is 1.16. The maximum Gasteiger partial charge on any atom is 0.387 e. The van der Waals surface area contributed by atoms with Gasteiger partial charge in [-0.15, -0.1) is 0 Å². The summed E-state index contributed by atoms with van der Waals surface area (Å²) in [7, 11) is 0. The predicted octanol–water partition coefficient (Wildman–Crippen LogP) is 1.89. The number of benzene rings is 1. The summed E-state index contributed by atoms with van der Waals surface area (Å²) in [6, 6.07) is 2.11. The van der Waals surface area contributed by atoms with E-state index in [4.69, 9.17) is 5.73 Å². The lowest BCUT2D eigenvalue weighted by Gasteiger charge is -2.10. The third kappa shape index (κ3) is 5.42. The monoisotopic (exact) mass is 295 g/mol. The molecule has 0 saturated heterocycles. The van der Waals surface area contributed by atoms with Gasteiger partial charge < -0.3 is 15.2 Å². The van der Waals surface area contributed by atoms with Crippen molar-refractivity contribution in [3.63, 3.8) is 0 Å². The Morgan fingerprint density at radius 1 is 1.25 bits per heavy atom. The van der Waals surface area contributed by atoms with E-state index in [1.54, 1.807) is 0 Å². The van der Waals surface area contributed by atoms with Gasteiger partial charge in [-0.25, -0.2) is 10.2 Å². The number of ether oxygens (including phenoxy) is 2. The van der Waals surface area contributed by atoms with Crippen molar-refractivity contribution in [3.8, 4) is 11.5 Å². The first-order valence-corrected chi connectivity index (χ1v) is 5.00.